The van der Waals surface area contributed by atoms with Gasteiger partial charge in [0.25, 0.3) is 0 Å². The molecule has 0 aromatic heterocycles. The molecule has 0 saturated heterocycles. The van der Waals surface area contributed by atoms with E-state index in [1.54, 1.807) is 0 Å². The molecule has 0 aliphatic carbocycles. The highest BCUT2D eigenvalue weighted by Crippen LogP contribution is 2.03. The van der Waals surface area contributed by atoms with Crippen LogP contribution in [-0.2, 0) is 4.43 Å². The highest BCUT2D eigenvalue weighted by molar-refractivity contribution is 6.69. The van der Waals surface area contributed by atoms with E-state index in [2.05, 4.69) is 25.6 Å². The van der Waals surface area contributed by atoms with Crippen molar-refractivity contribution in [1.29, 1.82) is 0 Å². The summed E-state index contributed by atoms with van der Waals surface area (Å²) < 4.78 is 5.57. The van der Waals surface area contributed by atoms with E-state index in [-0.39, 0.29) is 0 Å². The average Bonchev–Trinajstić information content (AvgIpc) is 1.78. The Hall–Kier alpha value is -0.263. The molecule has 0 amide bonds. The average molecular weight is 156 g/mol. The molecule has 0 aromatic carbocycles. The van der Waals surface area contributed by atoms with Gasteiger partial charge in [-0.1, -0.05) is 0 Å². The van der Waals surface area contributed by atoms with E-state index in [1.165, 1.54) is 0 Å². The lowest BCUT2D eigenvalue weighted by molar-refractivity contribution is 0.307. The Balaban J connectivity index is 3.14. The van der Waals surface area contributed by atoms with Crippen molar-refractivity contribution < 1.29 is 4.43 Å². The summed E-state index contributed by atoms with van der Waals surface area (Å²) in [4.78, 5) is 0. The van der Waals surface area contributed by atoms with Crippen molar-refractivity contribution in [3.63, 3.8) is 0 Å². The molecule has 0 saturated carbocycles. The van der Waals surface area contributed by atoms with Gasteiger partial charge >= 0.3 is 0 Å². The minimum absolute atomic E-state index is 0.833. The van der Waals surface area contributed by atoms with Crippen LogP contribution < -0.4 is 0 Å². The topological polar surface area (TPSA) is 9.23 Å². The highest BCUT2D eigenvalue weighted by Gasteiger charge is 2.12. The van der Waals surface area contributed by atoms with Gasteiger partial charge in [-0.05, 0) is 26.1 Å². The Labute approximate surface area is 64.9 Å². The van der Waals surface area contributed by atoms with Crippen LogP contribution in [0.25, 0.3) is 0 Å². The third-order valence-electron chi connectivity index (χ3n) is 1.00. The van der Waals surface area contributed by atoms with Gasteiger partial charge in [0.05, 0.1) is 0 Å². The van der Waals surface area contributed by atoms with Gasteiger partial charge in [0, 0.05) is 13.0 Å². The molecule has 0 bridgehead atoms. The van der Waals surface area contributed by atoms with Crippen LogP contribution in [0.5, 0.6) is 0 Å². The molecule has 0 aliphatic heterocycles. The molecule has 58 valence electrons. The van der Waals surface area contributed by atoms with Crippen LogP contribution in [0.15, 0.2) is 0 Å². The Morgan fingerprint density at radius 3 is 2.40 bits per heavy atom. The van der Waals surface area contributed by atoms with E-state index in [0.29, 0.717) is 0 Å². The summed E-state index contributed by atoms with van der Waals surface area (Å²) in [7, 11) is -1.28. The van der Waals surface area contributed by atoms with Gasteiger partial charge in [-0.15, -0.1) is 12.3 Å². The second-order valence-electron chi connectivity index (χ2n) is 3.27. The van der Waals surface area contributed by atoms with Gasteiger partial charge in [-0.2, -0.15) is 0 Å². The minimum Gasteiger partial charge on any atom is -0.418 e. The molecule has 0 atom stereocenters. The van der Waals surface area contributed by atoms with E-state index >= 15 is 0 Å². The first-order valence-electron chi connectivity index (χ1n) is 3.64. The zero-order valence-corrected chi connectivity index (χ0v) is 8.11. The molecule has 0 aliphatic rings. The molecule has 10 heavy (non-hydrogen) atoms. The largest absolute Gasteiger partial charge is 0.418 e. The predicted octanol–water partition coefficient (Wildman–Crippen LogP) is 2.25. The van der Waals surface area contributed by atoms with Crippen LogP contribution in [0.3, 0.4) is 0 Å². The summed E-state index contributed by atoms with van der Waals surface area (Å²) >= 11 is 0. The molecule has 1 nitrogen and oxygen atoms in total. The molecule has 0 aromatic rings. The van der Waals surface area contributed by atoms with Crippen molar-refractivity contribution in [3.8, 4) is 12.3 Å². The van der Waals surface area contributed by atoms with Gasteiger partial charge in [0.15, 0.2) is 8.32 Å². The van der Waals surface area contributed by atoms with Gasteiger partial charge in [-0.25, -0.2) is 0 Å². The van der Waals surface area contributed by atoms with E-state index in [4.69, 9.17) is 10.8 Å². The first kappa shape index (κ1) is 9.74. The van der Waals surface area contributed by atoms with Crippen molar-refractivity contribution in [2.75, 3.05) is 6.61 Å². The quantitative estimate of drug-likeness (QED) is 0.344. The highest BCUT2D eigenvalue weighted by atomic mass is 28.4. The van der Waals surface area contributed by atoms with E-state index in [9.17, 15) is 0 Å². The summed E-state index contributed by atoms with van der Waals surface area (Å²) in [5, 5.41) is 0. The Morgan fingerprint density at radius 2 is 2.00 bits per heavy atom. The molecule has 0 heterocycles. The van der Waals surface area contributed by atoms with Crippen molar-refractivity contribution in [2.24, 2.45) is 0 Å². The Morgan fingerprint density at radius 1 is 1.40 bits per heavy atom. The first-order valence-corrected chi connectivity index (χ1v) is 7.04. The summed E-state index contributed by atoms with van der Waals surface area (Å²) in [5.74, 6) is 2.59. The molecule has 0 rings (SSSR count). The number of hydrogen-bond acceptors (Lipinski definition) is 1. The van der Waals surface area contributed by atoms with Crippen LogP contribution in [0, 0.1) is 12.3 Å². The molecule has 0 N–H and O–H groups in total. The molecule has 0 fully saturated rings. The molecule has 0 radical (unpaired) electrons. The standard InChI is InChI=1S/C8H16OSi/c1-5-6-7-8-9-10(2,3)4/h1H,6-8H2,2-4H3. The lowest BCUT2D eigenvalue weighted by atomic mass is 10.3. The molecule has 0 spiro atoms. The number of rotatable bonds is 4. The monoisotopic (exact) mass is 156 g/mol. The zero-order chi connectivity index (χ0) is 8.04. The van der Waals surface area contributed by atoms with Crippen LogP contribution in [0.4, 0.5) is 0 Å². The van der Waals surface area contributed by atoms with E-state index in [0.717, 1.165) is 19.4 Å². The number of terminal acetylenes is 1. The fourth-order valence-electron chi connectivity index (χ4n) is 0.553. The summed E-state index contributed by atoms with van der Waals surface area (Å²) in [6.45, 7) is 7.38. The Bertz CT molecular complexity index is 118. The van der Waals surface area contributed by atoms with Gasteiger partial charge in [-0.3, -0.25) is 0 Å². The molecule has 0 unspecified atom stereocenters. The second-order valence-corrected chi connectivity index (χ2v) is 7.78. The minimum atomic E-state index is -1.28. The number of hydrogen-bond donors (Lipinski definition) is 0. The van der Waals surface area contributed by atoms with Gasteiger partial charge in [0.2, 0.25) is 0 Å². The van der Waals surface area contributed by atoms with E-state index < -0.39 is 8.32 Å². The predicted molar refractivity (Wildman–Crippen MR) is 47.4 cm³/mol. The normalized spacial score (nSPS) is 11.0. The summed E-state index contributed by atoms with van der Waals surface area (Å²) in [6, 6.07) is 0. The van der Waals surface area contributed by atoms with Crippen LogP contribution in [0.1, 0.15) is 12.8 Å². The fourth-order valence-corrected chi connectivity index (χ4v) is 1.31. The molecule has 2 heteroatoms. The van der Waals surface area contributed by atoms with Crippen LogP contribution in [-0.4, -0.2) is 14.9 Å². The SMILES string of the molecule is C#CCCCO[Si](C)(C)C. The van der Waals surface area contributed by atoms with Crippen molar-refractivity contribution in [1.82, 2.24) is 0 Å². The van der Waals surface area contributed by atoms with Crippen molar-refractivity contribution in [2.45, 2.75) is 32.5 Å². The maximum Gasteiger partial charge on any atom is 0.183 e. The van der Waals surface area contributed by atoms with E-state index in [1.807, 2.05) is 0 Å². The molecular formula is C8H16OSi. The summed E-state index contributed by atoms with van der Waals surface area (Å²) in [6.07, 6.45) is 6.92. The maximum atomic E-state index is 5.57. The third kappa shape index (κ3) is 7.74. The fraction of sp³-hybridized carbons (Fsp3) is 0.750. The van der Waals surface area contributed by atoms with Crippen LogP contribution >= 0.6 is 0 Å². The zero-order valence-electron chi connectivity index (χ0n) is 7.11. The van der Waals surface area contributed by atoms with Gasteiger partial charge in [0.1, 0.15) is 0 Å². The smallest absolute Gasteiger partial charge is 0.183 e. The van der Waals surface area contributed by atoms with Gasteiger partial charge < -0.3 is 4.43 Å². The maximum absolute atomic E-state index is 5.57. The Kier molecular flexibility index (Phi) is 4.42. The van der Waals surface area contributed by atoms with Crippen molar-refractivity contribution in [3.05, 3.63) is 0 Å². The first-order chi connectivity index (χ1) is 4.56. The molecular weight excluding hydrogens is 140 g/mol. The van der Waals surface area contributed by atoms with Crippen LogP contribution in [0.2, 0.25) is 19.6 Å². The third-order valence-corrected chi connectivity index (χ3v) is 2.07. The second kappa shape index (κ2) is 4.54. The lowest BCUT2D eigenvalue weighted by Crippen LogP contribution is -2.25. The lowest BCUT2D eigenvalue weighted by Gasteiger charge is -2.16. The van der Waals surface area contributed by atoms with Crippen molar-refractivity contribution >= 4 is 8.32 Å². The number of unbranched alkanes of at least 4 members (excludes halogenated alkanes) is 1. The summed E-state index contributed by atoms with van der Waals surface area (Å²) in [5.41, 5.74) is 0.